The zero-order valence-corrected chi connectivity index (χ0v) is 29.6. The third-order valence-electron chi connectivity index (χ3n) is 7.84. The first-order valence-corrected chi connectivity index (χ1v) is 17.6. The van der Waals surface area contributed by atoms with Gasteiger partial charge < -0.3 is 29.2 Å². The van der Waals surface area contributed by atoms with Crippen molar-refractivity contribution in [2.24, 2.45) is 0 Å². The highest BCUT2D eigenvalue weighted by atomic mass is 32.2. The lowest BCUT2D eigenvalue weighted by atomic mass is 10.2. The number of hydrogen-bond acceptors (Lipinski definition) is 13. The molecule has 15 heteroatoms. The number of amides is 4. The molecule has 0 aliphatic carbocycles. The maximum atomic E-state index is 12.3. The molecule has 2 aliphatic heterocycles. The van der Waals surface area contributed by atoms with Crippen LogP contribution in [0.3, 0.4) is 0 Å². The zero-order chi connectivity index (χ0) is 38.9. The van der Waals surface area contributed by atoms with Crippen LogP contribution in [0.5, 0.6) is 23.0 Å². The molecule has 2 unspecified atom stereocenters. The molecule has 280 valence electrons. The van der Waals surface area contributed by atoms with Crippen LogP contribution in [0.25, 0.3) is 0 Å². The summed E-state index contributed by atoms with van der Waals surface area (Å²) in [5.74, 6) is -1.84. The summed E-state index contributed by atoms with van der Waals surface area (Å²) in [7, 11) is 0. The van der Waals surface area contributed by atoms with Gasteiger partial charge in [-0.2, -0.15) is 0 Å². The Morgan fingerprint density at radius 2 is 0.800 bits per heavy atom. The summed E-state index contributed by atoms with van der Waals surface area (Å²) in [4.78, 5) is 75.7. The third kappa shape index (κ3) is 10.3. The van der Waals surface area contributed by atoms with E-state index in [1.165, 1.54) is 84.6 Å². The Morgan fingerprint density at radius 3 is 1.13 bits per heavy atom. The fourth-order valence-corrected chi connectivity index (χ4v) is 6.03. The molecule has 4 aromatic rings. The number of aliphatic hydroxyl groups excluding tert-OH is 2. The topological polar surface area (TPSA) is 186 Å². The highest BCUT2D eigenvalue weighted by molar-refractivity contribution is 7.99. The summed E-state index contributed by atoms with van der Waals surface area (Å²) in [6.07, 6.45) is 1.78. The van der Waals surface area contributed by atoms with Crippen LogP contribution in [0, 0.1) is 0 Å². The molecule has 0 aromatic heterocycles. The Kier molecular flexibility index (Phi) is 12.2. The molecule has 0 saturated heterocycles. The van der Waals surface area contributed by atoms with E-state index in [1.807, 2.05) is 24.3 Å². The molecule has 0 bridgehead atoms. The van der Waals surface area contributed by atoms with E-state index >= 15 is 0 Å². The van der Waals surface area contributed by atoms with Gasteiger partial charge in [0.15, 0.2) is 0 Å². The van der Waals surface area contributed by atoms with E-state index in [0.29, 0.717) is 22.9 Å². The van der Waals surface area contributed by atoms with E-state index in [1.54, 1.807) is 24.3 Å². The van der Waals surface area contributed by atoms with Crippen LogP contribution in [-0.2, 0) is 28.8 Å². The van der Waals surface area contributed by atoms with Crippen molar-refractivity contribution in [1.29, 1.82) is 0 Å². The largest absolute Gasteiger partial charge is 0.491 e. The number of anilines is 2. The van der Waals surface area contributed by atoms with Crippen molar-refractivity contribution in [3.05, 3.63) is 121 Å². The first kappa shape index (κ1) is 38.2. The molecule has 6 rings (SSSR count). The lowest BCUT2D eigenvalue weighted by molar-refractivity contribution is -0.138. The van der Waals surface area contributed by atoms with Crippen LogP contribution in [-0.4, -0.2) is 71.2 Å². The second-order valence-electron chi connectivity index (χ2n) is 12.0. The van der Waals surface area contributed by atoms with Crippen molar-refractivity contribution in [3.63, 3.8) is 0 Å². The van der Waals surface area contributed by atoms with Gasteiger partial charge in [-0.25, -0.2) is 9.80 Å². The Morgan fingerprint density at radius 1 is 0.491 bits per heavy atom. The quantitative estimate of drug-likeness (QED) is 0.0942. The highest BCUT2D eigenvalue weighted by Crippen LogP contribution is 2.31. The van der Waals surface area contributed by atoms with Crippen LogP contribution in [0.4, 0.5) is 11.4 Å². The lowest BCUT2D eigenvalue weighted by Crippen LogP contribution is -2.29. The number of imide groups is 2. The maximum absolute atomic E-state index is 12.3. The molecule has 0 spiro atoms. The summed E-state index contributed by atoms with van der Waals surface area (Å²) < 4.78 is 21.8. The number of rotatable bonds is 16. The summed E-state index contributed by atoms with van der Waals surface area (Å²) in [5, 5.41) is 20.6. The van der Waals surface area contributed by atoms with Crippen molar-refractivity contribution in [2.75, 3.05) is 23.0 Å². The van der Waals surface area contributed by atoms with Gasteiger partial charge in [-0.3, -0.25) is 28.8 Å². The van der Waals surface area contributed by atoms with Crippen molar-refractivity contribution >= 4 is 58.7 Å². The van der Waals surface area contributed by atoms with Crippen LogP contribution in [0.15, 0.2) is 131 Å². The predicted molar refractivity (Wildman–Crippen MR) is 197 cm³/mol. The molecule has 2 heterocycles. The fourth-order valence-electron chi connectivity index (χ4n) is 5.21. The normalized spacial score (nSPS) is 14.7. The number of carbonyl (C=O) groups excluding carboxylic acids is 6. The number of esters is 2. The van der Waals surface area contributed by atoms with Crippen LogP contribution < -0.4 is 28.7 Å². The van der Waals surface area contributed by atoms with Gasteiger partial charge in [-0.05, 0) is 97.1 Å². The SMILES string of the molecule is O=C(CC(O)COc1ccc(Sc2ccc(OCC(O)CC(=O)Oc3ccc(N4C(=O)C=CC4=O)cc3)cc2)cc1)Oc1ccc(N2C(=O)C=CC2=O)cc1. The number of carbonyl (C=O) groups is 6. The van der Waals surface area contributed by atoms with Gasteiger partial charge >= 0.3 is 11.9 Å². The van der Waals surface area contributed by atoms with Gasteiger partial charge in [0, 0.05) is 34.1 Å². The molecule has 2 aliphatic rings. The molecule has 4 aromatic carbocycles. The molecule has 0 radical (unpaired) electrons. The summed E-state index contributed by atoms with van der Waals surface area (Å²) in [5.41, 5.74) is 0.682. The van der Waals surface area contributed by atoms with Gasteiger partial charge in [0.2, 0.25) is 0 Å². The Hall–Kier alpha value is -6.55. The van der Waals surface area contributed by atoms with Gasteiger partial charge in [-0.1, -0.05) is 11.8 Å². The number of nitrogens with zero attached hydrogens (tertiary/aromatic N) is 2. The van der Waals surface area contributed by atoms with Gasteiger partial charge in [0.1, 0.15) is 36.2 Å². The fraction of sp³-hybridized carbons (Fsp3) is 0.150. The third-order valence-corrected chi connectivity index (χ3v) is 8.86. The minimum atomic E-state index is -1.13. The Labute approximate surface area is 318 Å². The van der Waals surface area contributed by atoms with Crippen molar-refractivity contribution < 1.29 is 57.9 Å². The first-order chi connectivity index (χ1) is 26.5. The Bertz CT molecular complexity index is 1940. The van der Waals surface area contributed by atoms with E-state index in [9.17, 15) is 39.0 Å². The average molecular weight is 765 g/mol. The summed E-state index contributed by atoms with van der Waals surface area (Å²) in [6, 6.07) is 26.0. The average Bonchev–Trinajstić information content (AvgIpc) is 3.69. The number of benzene rings is 4. The smallest absolute Gasteiger partial charge is 0.313 e. The molecule has 0 saturated carbocycles. The van der Waals surface area contributed by atoms with E-state index in [2.05, 4.69) is 0 Å². The minimum absolute atomic E-state index is 0.150. The van der Waals surface area contributed by atoms with Crippen LogP contribution >= 0.6 is 11.8 Å². The standard InChI is InChI=1S/C40H32N2O12S/c43-27(21-39(49)53-31-5-1-25(2-6-31)41-35(45)17-18-36(41)46)23-51-29-9-13-33(14-10-29)55-34-15-11-30(12-16-34)52-24-28(44)22-40(50)54-32-7-3-26(4-8-32)42-37(47)19-20-38(42)48/h1-20,27-28,43-44H,21-24H2. The second kappa shape index (κ2) is 17.5. The molecule has 2 atom stereocenters. The molecular formula is C40H32N2O12S. The highest BCUT2D eigenvalue weighted by Gasteiger charge is 2.26. The van der Waals surface area contributed by atoms with Crippen molar-refractivity contribution in [1.82, 2.24) is 0 Å². The zero-order valence-electron chi connectivity index (χ0n) is 28.8. The Balaban J connectivity index is 0.869. The lowest BCUT2D eigenvalue weighted by Gasteiger charge is -2.15. The van der Waals surface area contributed by atoms with Crippen LogP contribution in [0.1, 0.15) is 12.8 Å². The van der Waals surface area contributed by atoms with Crippen molar-refractivity contribution in [3.8, 4) is 23.0 Å². The second-order valence-corrected chi connectivity index (χ2v) is 13.2. The predicted octanol–water partition coefficient (Wildman–Crippen LogP) is 4.17. The van der Waals surface area contributed by atoms with Gasteiger partial charge in [0.05, 0.1) is 36.4 Å². The number of hydrogen-bond donors (Lipinski definition) is 2. The van der Waals surface area contributed by atoms with Gasteiger partial charge in [0.25, 0.3) is 23.6 Å². The maximum Gasteiger partial charge on any atom is 0.313 e. The molecule has 4 amide bonds. The number of aliphatic hydroxyl groups is 2. The van der Waals surface area contributed by atoms with Gasteiger partial charge in [-0.15, -0.1) is 0 Å². The first-order valence-electron chi connectivity index (χ1n) is 16.7. The van der Waals surface area contributed by atoms with E-state index in [4.69, 9.17) is 18.9 Å². The molecule has 55 heavy (non-hydrogen) atoms. The summed E-state index contributed by atoms with van der Waals surface area (Å²) >= 11 is 1.48. The van der Waals surface area contributed by atoms with Crippen LogP contribution in [0.2, 0.25) is 0 Å². The molecule has 14 nitrogen and oxygen atoms in total. The number of ether oxygens (including phenoxy) is 4. The van der Waals surface area contributed by atoms with E-state index < -0.39 is 47.8 Å². The molecule has 0 fully saturated rings. The van der Waals surface area contributed by atoms with E-state index in [0.717, 1.165) is 19.6 Å². The molecule has 2 N–H and O–H groups in total. The monoisotopic (exact) mass is 764 g/mol. The van der Waals surface area contributed by atoms with Crippen molar-refractivity contribution in [2.45, 2.75) is 34.8 Å². The molecular weight excluding hydrogens is 733 g/mol. The summed E-state index contributed by atoms with van der Waals surface area (Å²) in [6.45, 7) is -0.299. The minimum Gasteiger partial charge on any atom is -0.491 e. The van der Waals surface area contributed by atoms with E-state index in [-0.39, 0.29) is 37.6 Å².